The molecule has 0 atom stereocenters. The lowest BCUT2D eigenvalue weighted by Crippen LogP contribution is -1.79. The summed E-state index contributed by atoms with van der Waals surface area (Å²) >= 11 is 3.28. The van der Waals surface area contributed by atoms with Crippen LogP contribution in [0.1, 0.15) is 12.5 Å². The largest absolute Gasteiger partial charge is 0.249 e. The first kappa shape index (κ1) is 7.48. The van der Waals surface area contributed by atoms with Crippen molar-refractivity contribution >= 4 is 21.5 Å². The molecule has 1 nitrogen and oxygen atoms in total. The molecule has 0 radical (unpaired) electrons. The number of hydrogen-bond acceptors (Lipinski definition) is 1. The fourth-order valence-corrected chi connectivity index (χ4v) is 1.03. The van der Waals surface area contributed by atoms with Gasteiger partial charge >= 0.3 is 0 Å². The van der Waals surface area contributed by atoms with E-state index in [1.165, 1.54) is 0 Å². The minimum absolute atomic E-state index is 0.855. The van der Waals surface area contributed by atoms with Crippen LogP contribution in [0.3, 0.4) is 0 Å². The van der Waals surface area contributed by atoms with Crippen molar-refractivity contribution in [1.82, 2.24) is 4.98 Å². The Kier molecular flexibility index (Phi) is 2.22. The monoisotopic (exact) mass is 197 g/mol. The predicted molar refractivity (Wildman–Crippen MR) is 46.6 cm³/mol. The molecule has 52 valence electrons. The lowest BCUT2D eigenvalue weighted by molar-refractivity contribution is 1.26. The van der Waals surface area contributed by atoms with Gasteiger partial charge in [0.2, 0.25) is 0 Å². The van der Waals surface area contributed by atoms with Crippen molar-refractivity contribution in [3.05, 3.63) is 35.1 Å². The molecule has 0 fully saturated rings. The zero-order chi connectivity index (χ0) is 7.56. The Balaban J connectivity index is 3.07. The van der Waals surface area contributed by atoms with Gasteiger partial charge in [-0.05, 0) is 40.5 Å². The van der Waals surface area contributed by atoms with Crippen molar-refractivity contribution < 1.29 is 0 Å². The molecule has 1 heterocycles. The van der Waals surface area contributed by atoms with E-state index in [-0.39, 0.29) is 0 Å². The number of nitrogens with zero attached hydrogens (tertiary/aromatic N) is 1. The van der Waals surface area contributed by atoms with Crippen LogP contribution < -0.4 is 0 Å². The van der Waals surface area contributed by atoms with Crippen molar-refractivity contribution in [2.24, 2.45) is 0 Å². The highest BCUT2D eigenvalue weighted by atomic mass is 79.9. The third-order valence-electron chi connectivity index (χ3n) is 1.22. The Morgan fingerprint density at radius 2 is 2.40 bits per heavy atom. The van der Waals surface area contributed by atoms with Crippen LogP contribution in [0.4, 0.5) is 0 Å². The summed E-state index contributed by atoms with van der Waals surface area (Å²) in [4.78, 5) is 4.00. The number of aromatic nitrogens is 1. The SMILES string of the molecule is C=C(C)c1ccnc(Br)c1. The van der Waals surface area contributed by atoms with Gasteiger partial charge in [0.25, 0.3) is 0 Å². The predicted octanol–water partition coefficient (Wildman–Crippen LogP) is 2.88. The number of hydrogen-bond donors (Lipinski definition) is 0. The molecule has 0 aromatic carbocycles. The Hall–Kier alpha value is -0.630. The van der Waals surface area contributed by atoms with Crippen LogP contribution >= 0.6 is 15.9 Å². The summed E-state index contributed by atoms with van der Waals surface area (Å²) in [6, 6.07) is 3.88. The highest BCUT2D eigenvalue weighted by Gasteiger charge is 1.92. The van der Waals surface area contributed by atoms with Crippen LogP contribution in [-0.4, -0.2) is 4.98 Å². The van der Waals surface area contributed by atoms with Gasteiger partial charge < -0.3 is 0 Å². The summed E-state index contributed by atoms with van der Waals surface area (Å²) in [6.07, 6.45) is 1.76. The van der Waals surface area contributed by atoms with Crippen molar-refractivity contribution in [3.63, 3.8) is 0 Å². The zero-order valence-corrected chi connectivity index (χ0v) is 7.35. The summed E-state index contributed by atoms with van der Waals surface area (Å²) < 4.78 is 0.855. The van der Waals surface area contributed by atoms with E-state index in [1.54, 1.807) is 6.20 Å². The number of halogens is 1. The quantitative estimate of drug-likeness (QED) is 0.632. The molecule has 1 aromatic heterocycles. The Labute approximate surface area is 68.9 Å². The van der Waals surface area contributed by atoms with Gasteiger partial charge in [-0.15, -0.1) is 0 Å². The van der Waals surface area contributed by atoms with Gasteiger partial charge in [-0.3, -0.25) is 0 Å². The first-order valence-corrected chi connectivity index (χ1v) is 3.77. The average Bonchev–Trinajstić information content (AvgIpc) is 1.88. The Morgan fingerprint density at radius 1 is 1.70 bits per heavy atom. The first-order valence-electron chi connectivity index (χ1n) is 2.97. The first-order chi connectivity index (χ1) is 4.70. The number of allylic oxidation sites excluding steroid dienone is 1. The van der Waals surface area contributed by atoms with Crippen LogP contribution in [-0.2, 0) is 0 Å². The van der Waals surface area contributed by atoms with E-state index in [9.17, 15) is 0 Å². The second-order valence-electron chi connectivity index (χ2n) is 2.15. The molecule has 0 saturated heterocycles. The molecule has 1 rings (SSSR count). The van der Waals surface area contributed by atoms with Gasteiger partial charge in [0.15, 0.2) is 0 Å². The highest BCUT2D eigenvalue weighted by Crippen LogP contribution is 2.14. The van der Waals surface area contributed by atoms with Crippen LogP contribution in [0.25, 0.3) is 5.57 Å². The van der Waals surface area contributed by atoms with Gasteiger partial charge in [-0.1, -0.05) is 12.2 Å². The maximum atomic E-state index is 4.00. The van der Waals surface area contributed by atoms with E-state index in [0.717, 1.165) is 15.7 Å². The van der Waals surface area contributed by atoms with Gasteiger partial charge in [-0.2, -0.15) is 0 Å². The summed E-state index contributed by atoms with van der Waals surface area (Å²) in [6.45, 7) is 5.79. The molecule has 2 heteroatoms. The lowest BCUT2D eigenvalue weighted by Gasteiger charge is -1.97. The van der Waals surface area contributed by atoms with Crippen molar-refractivity contribution in [3.8, 4) is 0 Å². The van der Waals surface area contributed by atoms with Crippen LogP contribution in [0, 0.1) is 0 Å². The summed E-state index contributed by atoms with van der Waals surface area (Å²) in [7, 11) is 0. The molecule has 0 aliphatic heterocycles. The number of rotatable bonds is 1. The molecule has 10 heavy (non-hydrogen) atoms. The minimum Gasteiger partial charge on any atom is -0.249 e. The molecular formula is C8H8BrN. The van der Waals surface area contributed by atoms with E-state index in [0.29, 0.717) is 0 Å². The van der Waals surface area contributed by atoms with E-state index >= 15 is 0 Å². The molecule has 0 unspecified atom stereocenters. The third kappa shape index (κ3) is 1.67. The Morgan fingerprint density at radius 3 is 2.80 bits per heavy atom. The number of pyridine rings is 1. The second-order valence-corrected chi connectivity index (χ2v) is 2.96. The highest BCUT2D eigenvalue weighted by molar-refractivity contribution is 9.10. The molecule has 0 aliphatic carbocycles. The fourth-order valence-electron chi connectivity index (χ4n) is 0.668. The minimum atomic E-state index is 0.855. The topological polar surface area (TPSA) is 12.9 Å². The van der Waals surface area contributed by atoms with Gasteiger partial charge in [0.1, 0.15) is 4.60 Å². The normalized spacial score (nSPS) is 9.40. The van der Waals surface area contributed by atoms with E-state index < -0.39 is 0 Å². The summed E-state index contributed by atoms with van der Waals surface area (Å²) in [5, 5.41) is 0. The smallest absolute Gasteiger partial charge is 0.106 e. The molecule has 1 aromatic rings. The molecule has 0 bridgehead atoms. The van der Waals surface area contributed by atoms with Gasteiger partial charge in [-0.25, -0.2) is 4.98 Å². The third-order valence-corrected chi connectivity index (χ3v) is 1.65. The molecule has 0 amide bonds. The standard InChI is InChI=1S/C8H8BrN/c1-6(2)7-3-4-10-8(9)5-7/h3-5H,1H2,2H3. The summed E-state index contributed by atoms with van der Waals surface area (Å²) in [5.41, 5.74) is 2.19. The lowest BCUT2D eigenvalue weighted by atomic mass is 10.1. The second kappa shape index (κ2) is 2.97. The van der Waals surface area contributed by atoms with Crippen LogP contribution in [0.2, 0.25) is 0 Å². The molecule has 0 aliphatic rings. The Bertz CT molecular complexity index is 255. The molecule has 0 N–H and O–H groups in total. The maximum absolute atomic E-state index is 4.00. The molecular weight excluding hydrogens is 190 g/mol. The van der Waals surface area contributed by atoms with Crippen molar-refractivity contribution in [1.29, 1.82) is 0 Å². The maximum Gasteiger partial charge on any atom is 0.106 e. The van der Waals surface area contributed by atoms with E-state index in [2.05, 4.69) is 27.5 Å². The summed E-state index contributed by atoms with van der Waals surface area (Å²) in [5.74, 6) is 0. The van der Waals surface area contributed by atoms with Gasteiger partial charge in [0.05, 0.1) is 0 Å². The van der Waals surface area contributed by atoms with Crippen molar-refractivity contribution in [2.45, 2.75) is 6.92 Å². The average molecular weight is 198 g/mol. The molecule has 0 saturated carbocycles. The molecule has 0 spiro atoms. The van der Waals surface area contributed by atoms with Gasteiger partial charge in [0, 0.05) is 6.20 Å². The zero-order valence-electron chi connectivity index (χ0n) is 5.76. The van der Waals surface area contributed by atoms with Crippen LogP contribution in [0.15, 0.2) is 29.5 Å². The fraction of sp³-hybridized carbons (Fsp3) is 0.125. The van der Waals surface area contributed by atoms with E-state index in [4.69, 9.17) is 0 Å². The van der Waals surface area contributed by atoms with E-state index in [1.807, 2.05) is 19.1 Å². The van der Waals surface area contributed by atoms with Crippen LogP contribution in [0.5, 0.6) is 0 Å². The van der Waals surface area contributed by atoms with Crippen molar-refractivity contribution in [2.75, 3.05) is 0 Å².